The number of aliphatic carboxylic acids is 1. The highest BCUT2D eigenvalue weighted by atomic mass is 19.4. The maximum atomic E-state index is 12.7. The van der Waals surface area contributed by atoms with E-state index in [0.717, 1.165) is 29.2 Å². The molecule has 0 spiro atoms. The molecule has 1 aliphatic rings. The van der Waals surface area contributed by atoms with E-state index in [1.54, 1.807) is 0 Å². The van der Waals surface area contributed by atoms with Gasteiger partial charge < -0.3 is 20.5 Å². The van der Waals surface area contributed by atoms with Crippen LogP contribution in [0.25, 0.3) is 11.1 Å². The number of hydrogen-bond donors (Lipinski definition) is 3. The van der Waals surface area contributed by atoms with Gasteiger partial charge in [0.05, 0.1) is 0 Å². The lowest BCUT2D eigenvalue weighted by Gasteiger charge is -2.21. The zero-order valence-electron chi connectivity index (χ0n) is 16.3. The van der Waals surface area contributed by atoms with Crippen molar-refractivity contribution in [2.75, 3.05) is 6.61 Å². The topological polar surface area (TPSA) is 105 Å². The quantitative estimate of drug-likeness (QED) is 0.646. The summed E-state index contributed by atoms with van der Waals surface area (Å²) in [6.45, 7) is 1.07. The molecule has 3 N–H and O–H groups in total. The van der Waals surface area contributed by atoms with Gasteiger partial charge in [0, 0.05) is 5.92 Å². The third kappa shape index (κ3) is 4.79. The van der Waals surface area contributed by atoms with Crippen LogP contribution in [0.2, 0.25) is 0 Å². The number of carbonyl (C=O) groups is 3. The van der Waals surface area contributed by atoms with Gasteiger partial charge in [-0.25, -0.2) is 9.59 Å². The summed E-state index contributed by atoms with van der Waals surface area (Å²) in [5.41, 5.74) is 3.98. The number of alkyl halides is 3. The molecule has 0 fully saturated rings. The van der Waals surface area contributed by atoms with Crippen LogP contribution in [0.15, 0.2) is 48.5 Å². The molecule has 3 rings (SSSR count). The predicted octanol–water partition coefficient (Wildman–Crippen LogP) is 3.05. The number of halogens is 3. The summed E-state index contributed by atoms with van der Waals surface area (Å²) in [7, 11) is 0. The molecule has 0 bridgehead atoms. The largest absolute Gasteiger partial charge is 0.479 e. The van der Waals surface area contributed by atoms with E-state index in [2.05, 4.69) is 5.32 Å². The standard InChI is InChI=1S/C21H19F3N2O5/c1-11(18(27)26-17(19(28)29)21(22,23)24)25-20(30)31-10-16-14-8-4-2-6-12(14)13-7-3-5-9-15(13)16/h2-9,11,16-17H,10H2,1H3,(H,25,30)(H,26,27)(H,28,29). The summed E-state index contributed by atoms with van der Waals surface area (Å²) in [5, 5.41) is 12.1. The highest BCUT2D eigenvalue weighted by molar-refractivity contribution is 5.89. The van der Waals surface area contributed by atoms with Crippen LogP contribution in [0.4, 0.5) is 18.0 Å². The molecule has 1 aliphatic carbocycles. The van der Waals surface area contributed by atoms with E-state index >= 15 is 0 Å². The normalized spacial score (nSPS) is 14.7. The fourth-order valence-corrected chi connectivity index (χ4v) is 3.43. The SMILES string of the molecule is CC(NC(=O)OCC1c2ccccc2-c2ccccc21)C(=O)NC(C(=O)O)C(F)(F)F. The first-order valence-corrected chi connectivity index (χ1v) is 9.31. The molecule has 2 amide bonds. The fourth-order valence-electron chi connectivity index (χ4n) is 3.43. The molecular weight excluding hydrogens is 417 g/mol. The molecule has 31 heavy (non-hydrogen) atoms. The van der Waals surface area contributed by atoms with Crippen molar-refractivity contribution < 1.29 is 37.4 Å². The van der Waals surface area contributed by atoms with E-state index in [1.165, 1.54) is 5.32 Å². The molecule has 2 aromatic carbocycles. The van der Waals surface area contributed by atoms with Gasteiger partial charge in [0.15, 0.2) is 0 Å². The van der Waals surface area contributed by atoms with Gasteiger partial charge in [-0.15, -0.1) is 0 Å². The van der Waals surface area contributed by atoms with Crippen molar-refractivity contribution in [3.05, 3.63) is 59.7 Å². The number of nitrogens with one attached hydrogen (secondary N) is 2. The van der Waals surface area contributed by atoms with Gasteiger partial charge in [0.1, 0.15) is 12.6 Å². The van der Waals surface area contributed by atoms with Crippen LogP contribution in [0, 0.1) is 0 Å². The molecule has 0 saturated heterocycles. The van der Waals surface area contributed by atoms with E-state index in [4.69, 9.17) is 9.84 Å². The average molecular weight is 436 g/mol. The van der Waals surface area contributed by atoms with Gasteiger partial charge in [-0.05, 0) is 29.2 Å². The summed E-state index contributed by atoms with van der Waals surface area (Å²) in [6.07, 6.45) is -6.19. The summed E-state index contributed by atoms with van der Waals surface area (Å²) < 4.78 is 43.3. The lowest BCUT2D eigenvalue weighted by molar-refractivity contribution is -0.182. The number of benzene rings is 2. The fraction of sp³-hybridized carbons (Fsp3) is 0.286. The summed E-state index contributed by atoms with van der Waals surface area (Å²) in [4.78, 5) is 34.7. The number of fused-ring (bicyclic) bond motifs is 3. The van der Waals surface area contributed by atoms with Crippen LogP contribution < -0.4 is 10.6 Å². The first kappa shape index (κ1) is 22.1. The molecule has 10 heteroatoms. The van der Waals surface area contributed by atoms with Crippen LogP contribution >= 0.6 is 0 Å². The minimum Gasteiger partial charge on any atom is -0.479 e. The maximum Gasteiger partial charge on any atom is 0.419 e. The Bertz CT molecular complexity index is 963. The Labute approximate surface area is 175 Å². The smallest absolute Gasteiger partial charge is 0.419 e. The number of carboxylic acids is 1. The van der Waals surface area contributed by atoms with Crippen LogP contribution in [-0.4, -0.2) is 47.9 Å². The molecule has 164 valence electrons. The number of amides is 2. The molecule has 0 radical (unpaired) electrons. The number of carbonyl (C=O) groups excluding carboxylic acids is 2. The van der Waals surface area contributed by atoms with Crippen molar-refractivity contribution >= 4 is 18.0 Å². The number of hydrogen-bond acceptors (Lipinski definition) is 4. The predicted molar refractivity (Wildman–Crippen MR) is 103 cm³/mol. The van der Waals surface area contributed by atoms with E-state index in [1.807, 2.05) is 48.5 Å². The van der Waals surface area contributed by atoms with Crippen molar-refractivity contribution in [3.8, 4) is 11.1 Å². The van der Waals surface area contributed by atoms with E-state index < -0.39 is 36.2 Å². The van der Waals surface area contributed by atoms with Gasteiger partial charge in [-0.2, -0.15) is 13.2 Å². The van der Waals surface area contributed by atoms with Crippen molar-refractivity contribution in [3.63, 3.8) is 0 Å². The van der Waals surface area contributed by atoms with Crippen molar-refractivity contribution in [1.82, 2.24) is 10.6 Å². The summed E-state index contributed by atoms with van der Waals surface area (Å²) >= 11 is 0. The average Bonchev–Trinajstić information content (AvgIpc) is 3.03. The van der Waals surface area contributed by atoms with Crippen LogP contribution in [0.3, 0.4) is 0 Å². The second-order valence-electron chi connectivity index (χ2n) is 7.01. The van der Waals surface area contributed by atoms with Crippen molar-refractivity contribution in [2.24, 2.45) is 0 Å². The third-order valence-electron chi connectivity index (χ3n) is 4.93. The Hall–Kier alpha value is -3.56. The lowest BCUT2D eigenvalue weighted by atomic mass is 9.98. The number of alkyl carbamates (subject to hydrolysis) is 1. The van der Waals surface area contributed by atoms with Gasteiger partial charge in [0.25, 0.3) is 0 Å². The molecule has 2 unspecified atom stereocenters. The number of ether oxygens (including phenoxy) is 1. The van der Waals surface area contributed by atoms with Gasteiger partial charge >= 0.3 is 18.2 Å². The molecule has 0 aromatic heterocycles. The lowest BCUT2D eigenvalue weighted by Crippen LogP contribution is -2.55. The monoisotopic (exact) mass is 436 g/mol. The van der Waals surface area contributed by atoms with Gasteiger partial charge in [-0.1, -0.05) is 48.5 Å². The maximum absolute atomic E-state index is 12.7. The summed E-state index contributed by atoms with van der Waals surface area (Å²) in [6, 6.07) is 10.8. The Kier molecular flexibility index (Phi) is 6.19. The van der Waals surface area contributed by atoms with Crippen LogP contribution in [-0.2, 0) is 14.3 Å². The third-order valence-corrected chi connectivity index (χ3v) is 4.93. The first-order valence-electron chi connectivity index (χ1n) is 9.31. The molecule has 0 heterocycles. The van der Waals surface area contributed by atoms with Crippen LogP contribution in [0.1, 0.15) is 24.0 Å². The van der Waals surface area contributed by atoms with E-state index in [9.17, 15) is 27.6 Å². The zero-order chi connectivity index (χ0) is 22.8. The second kappa shape index (κ2) is 8.66. The highest BCUT2D eigenvalue weighted by Gasteiger charge is 2.46. The van der Waals surface area contributed by atoms with Gasteiger partial charge in [-0.3, -0.25) is 4.79 Å². The molecule has 2 atom stereocenters. The number of rotatable bonds is 6. The minimum absolute atomic E-state index is 0.0471. The second-order valence-corrected chi connectivity index (χ2v) is 7.01. The molecular formula is C21H19F3N2O5. The number of carboxylic acid groups (broad SMARTS) is 1. The summed E-state index contributed by atoms with van der Waals surface area (Å²) in [5.74, 6) is -3.80. The van der Waals surface area contributed by atoms with Crippen LogP contribution in [0.5, 0.6) is 0 Å². The van der Waals surface area contributed by atoms with Crippen molar-refractivity contribution in [1.29, 1.82) is 0 Å². The molecule has 0 aliphatic heterocycles. The van der Waals surface area contributed by atoms with Gasteiger partial charge in [0.2, 0.25) is 11.9 Å². The zero-order valence-corrected chi connectivity index (χ0v) is 16.3. The molecule has 7 nitrogen and oxygen atoms in total. The Morgan fingerprint density at radius 1 is 1.00 bits per heavy atom. The minimum atomic E-state index is -5.18. The highest BCUT2D eigenvalue weighted by Crippen LogP contribution is 2.44. The van der Waals surface area contributed by atoms with E-state index in [0.29, 0.717) is 0 Å². The molecule has 2 aromatic rings. The Balaban J connectivity index is 1.60. The van der Waals surface area contributed by atoms with E-state index in [-0.39, 0.29) is 12.5 Å². The molecule has 0 saturated carbocycles. The first-order chi connectivity index (χ1) is 14.6. The Morgan fingerprint density at radius 2 is 1.52 bits per heavy atom. The Morgan fingerprint density at radius 3 is 2.00 bits per heavy atom. The van der Waals surface area contributed by atoms with Crippen molar-refractivity contribution in [2.45, 2.75) is 31.1 Å².